The van der Waals surface area contributed by atoms with Crippen molar-refractivity contribution in [3.05, 3.63) is 0 Å². The molecule has 0 aromatic carbocycles. The van der Waals surface area contributed by atoms with Crippen LogP contribution in [0.25, 0.3) is 0 Å². The van der Waals surface area contributed by atoms with Crippen LogP contribution >= 0.6 is 0 Å². The van der Waals surface area contributed by atoms with Gasteiger partial charge in [-0.3, -0.25) is 0 Å². The van der Waals surface area contributed by atoms with E-state index in [2.05, 4.69) is 27.7 Å². The lowest BCUT2D eigenvalue weighted by Gasteiger charge is -2.38. The highest BCUT2D eigenvalue weighted by Crippen LogP contribution is 2.51. The standard InChI is InChI=1S/C27H46O7/c1-23(2,29)17-9-13-26(5,31-17)20-10-14-24(3,32-20)18-7-8-19(30-18)25(4)15-11-21(33-25)27(6)16-12-22(28)34-27/h17-22,28-29H,7-16H2,1-6H3/t17-,18-,19+,20-,21+,22?,24+,25-,26+,27-/m0/s1. The Balaban J connectivity index is 1.19. The van der Waals surface area contributed by atoms with E-state index in [9.17, 15) is 10.2 Å². The Morgan fingerprint density at radius 1 is 0.588 bits per heavy atom. The first-order chi connectivity index (χ1) is 15.7. The lowest BCUT2D eigenvalue weighted by Crippen LogP contribution is -2.48. The quantitative estimate of drug-likeness (QED) is 0.612. The Labute approximate surface area is 204 Å². The fraction of sp³-hybridized carbons (Fsp3) is 1.00. The first-order valence-electron chi connectivity index (χ1n) is 13.5. The molecule has 2 N–H and O–H groups in total. The van der Waals surface area contributed by atoms with E-state index in [4.69, 9.17) is 23.7 Å². The molecule has 1 unspecified atom stereocenters. The molecule has 10 atom stereocenters. The normalized spacial score (nSPS) is 54.4. The highest BCUT2D eigenvalue weighted by atomic mass is 16.6. The van der Waals surface area contributed by atoms with Gasteiger partial charge in [-0.1, -0.05) is 0 Å². The molecule has 34 heavy (non-hydrogen) atoms. The van der Waals surface area contributed by atoms with Crippen LogP contribution in [0.1, 0.15) is 106 Å². The third-order valence-electron chi connectivity index (χ3n) is 9.77. The summed E-state index contributed by atoms with van der Waals surface area (Å²) in [6, 6.07) is 0. The van der Waals surface area contributed by atoms with Crippen molar-refractivity contribution in [1.82, 2.24) is 0 Å². The largest absolute Gasteiger partial charge is 0.388 e. The Morgan fingerprint density at radius 3 is 1.47 bits per heavy atom. The van der Waals surface area contributed by atoms with Crippen molar-refractivity contribution in [1.29, 1.82) is 0 Å². The van der Waals surface area contributed by atoms with Crippen molar-refractivity contribution in [2.24, 2.45) is 0 Å². The molecule has 0 aromatic heterocycles. The highest BCUT2D eigenvalue weighted by Gasteiger charge is 2.58. The van der Waals surface area contributed by atoms with Gasteiger partial charge in [0.15, 0.2) is 6.29 Å². The van der Waals surface area contributed by atoms with Crippen LogP contribution in [0.15, 0.2) is 0 Å². The molecule has 196 valence electrons. The van der Waals surface area contributed by atoms with E-state index in [0.717, 1.165) is 57.8 Å². The molecule has 5 aliphatic heterocycles. The van der Waals surface area contributed by atoms with Gasteiger partial charge in [0.25, 0.3) is 0 Å². The number of rotatable bonds is 5. The molecule has 5 rings (SSSR count). The van der Waals surface area contributed by atoms with Crippen LogP contribution < -0.4 is 0 Å². The van der Waals surface area contributed by atoms with Gasteiger partial charge in [-0.25, -0.2) is 0 Å². The lowest BCUT2D eigenvalue weighted by atomic mass is 9.89. The smallest absolute Gasteiger partial charge is 0.155 e. The molecule has 7 nitrogen and oxygen atoms in total. The molecule has 5 saturated heterocycles. The van der Waals surface area contributed by atoms with E-state index in [-0.39, 0.29) is 47.3 Å². The van der Waals surface area contributed by atoms with Gasteiger partial charge in [-0.15, -0.1) is 0 Å². The number of aliphatic hydroxyl groups excluding tert-OH is 1. The second-order valence-electron chi connectivity index (χ2n) is 13.1. The number of hydrogen-bond donors (Lipinski definition) is 2. The molecule has 0 radical (unpaired) electrons. The SMILES string of the molecule is CC(C)(O)[C@@H]1CC[C@](C)([C@@H]2CC[C@](C)([C@@H]3CC[C@H]([C@]4(C)CC[C@H]([C@]5(C)CCC(O)O5)O4)O3)O2)O1. The summed E-state index contributed by atoms with van der Waals surface area (Å²) in [6.45, 7) is 12.2. The van der Waals surface area contributed by atoms with Crippen LogP contribution in [0.3, 0.4) is 0 Å². The molecule has 0 aliphatic carbocycles. The molecular formula is C27H46O7. The summed E-state index contributed by atoms with van der Waals surface area (Å²) in [6.07, 6.45) is 8.20. The van der Waals surface area contributed by atoms with Crippen molar-refractivity contribution in [2.75, 3.05) is 0 Å². The van der Waals surface area contributed by atoms with E-state index in [0.29, 0.717) is 6.42 Å². The van der Waals surface area contributed by atoms with Gasteiger partial charge in [0, 0.05) is 6.42 Å². The average Bonchev–Trinajstić information content (AvgIpc) is 3.53. The van der Waals surface area contributed by atoms with Crippen LogP contribution in [0, 0.1) is 0 Å². The molecule has 5 aliphatic rings. The Bertz CT molecular complexity index is 769. The van der Waals surface area contributed by atoms with Gasteiger partial charge in [-0.05, 0) is 99.3 Å². The summed E-state index contributed by atoms with van der Waals surface area (Å²) in [4.78, 5) is 0. The zero-order chi connectivity index (χ0) is 24.6. The molecule has 7 heteroatoms. The summed E-state index contributed by atoms with van der Waals surface area (Å²) in [5.74, 6) is 0. The molecule has 0 amide bonds. The predicted octanol–water partition coefficient (Wildman–Crippen LogP) is 4.01. The van der Waals surface area contributed by atoms with Crippen LogP contribution in [0.2, 0.25) is 0 Å². The molecule has 0 aromatic rings. The van der Waals surface area contributed by atoms with Gasteiger partial charge in [0.1, 0.15) is 0 Å². The van der Waals surface area contributed by atoms with Gasteiger partial charge in [0.2, 0.25) is 0 Å². The van der Waals surface area contributed by atoms with Crippen molar-refractivity contribution in [2.45, 2.75) is 171 Å². The zero-order valence-corrected chi connectivity index (χ0v) is 22.0. The first-order valence-corrected chi connectivity index (χ1v) is 13.5. The van der Waals surface area contributed by atoms with Gasteiger partial charge >= 0.3 is 0 Å². The summed E-state index contributed by atoms with van der Waals surface area (Å²) < 4.78 is 32.3. The Hall–Kier alpha value is -0.280. The second-order valence-corrected chi connectivity index (χ2v) is 13.1. The summed E-state index contributed by atoms with van der Waals surface area (Å²) in [5.41, 5.74) is -2.29. The maximum Gasteiger partial charge on any atom is 0.155 e. The minimum atomic E-state index is -0.839. The zero-order valence-electron chi connectivity index (χ0n) is 22.0. The molecule has 0 spiro atoms. The van der Waals surface area contributed by atoms with Gasteiger partial charge in [0.05, 0.1) is 58.5 Å². The van der Waals surface area contributed by atoms with Crippen molar-refractivity contribution < 1.29 is 33.9 Å². The number of hydrogen-bond acceptors (Lipinski definition) is 7. The highest BCUT2D eigenvalue weighted by molar-refractivity contribution is 5.06. The number of aliphatic hydroxyl groups is 2. The topological polar surface area (TPSA) is 86.6 Å². The van der Waals surface area contributed by atoms with Crippen molar-refractivity contribution in [3.8, 4) is 0 Å². The molecule has 5 heterocycles. The lowest BCUT2D eigenvalue weighted by molar-refractivity contribution is -0.218. The average molecular weight is 483 g/mol. The van der Waals surface area contributed by atoms with Crippen LogP contribution in [-0.4, -0.2) is 75.0 Å². The summed E-state index contributed by atoms with van der Waals surface area (Å²) in [5, 5.41) is 20.3. The predicted molar refractivity (Wildman–Crippen MR) is 126 cm³/mol. The Morgan fingerprint density at radius 2 is 1.03 bits per heavy atom. The molecule has 0 bridgehead atoms. The molecular weight excluding hydrogens is 436 g/mol. The van der Waals surface area contributed by atoms with Crippen LogP contribution in [-0.2, 0) is 23.7 Å². The summed E-state index contributed by atoms with van der Waals surface area (Å²) in [7, 11) is 0. The van der Waals surface area contributed by atoms with E-state index < -0.39 is 17.5 Å². The Kier molecular flexibility index (Phi) is 6.25. The third-order valence-corrected chi connectivity index (χ3v) is 9.77. The monoisotopic (exact) mass is 482 g/mol. The third kappa shape index (κ3) is 4.37. The maximum atomic E-state index is 10.4. The van der Waals surface area contributed by atoms with E-state index in [1.54, 1.807) is 0 Å². The van der Waals surface area contributed by atoms with Crippen molar-refractivity contribution >= 4 is 0 Å². The van der Waals surface area contributed by atoms with Gasteiger partial charge < -0.3 is 33.9 Å². The first kappa shape index (κ1) is 25.4. The maximum absolute atomic E-state index is 10.4. The molecule has 0 saturated carbocycles. The van der Waals surface area contributed by atoms with E-state index in [1.807, 2.05) is 13.8 Å². The van der Waals surface area contributed by atoms with E-state index >= 15 is 0 Å². The number of ether oxygens (including phenoxy) is 5. The minimum absolute atomic E-state index is 0.0109. The van der Waals surface area contributed by atoms with Crippen molar-refractivity contribution in [3.63, 3.8) is 0 Å². The van der Waals surface area contributed by atoms with Crippen LogP contribution in [0.4, 0.5) is 0 Å². The minimum Gasteiger partial charge on any atom is -0.388 e. The van der Waals surface area contributed by atoms with E-state index in [1.165, 1.54) is 0 Å². The van der Waals surface area contributed by atoms with Gasteiger partial charge in [-0.2, -0.15) is 0 Å². The fourth-order valence-corrected chi connectivity index (χ4v) is 7.26. The van der Waals surface area contributed by atoms with Crippen LogP contribution in [0.5, 0.6) is 0 Å². The molecule has 5 fully saturated rings. The second kappa shape index (κ2) is 8.37. The summed E-state index contributed by atoms with van der Waals surface area (Å²) >= 11 is 0. The fourth-order valence-electron chi connectivity index (χ4n) is 7.26.